The van der Waals surface area contributed by atoms with Crippen molar-refractivity contribution in [2.24, 2.45) is 11.5 Å². The number of primary amides is 1. The molecule has 0 radical (unpaired) electrons. The second-order valence-corrected chi connectivity index (χ2v) is 18.9. The molecule has 3 unspecified atom stereocenters. The lowest BCUT2D eigenvalue weighted by Gasteiger charge is -2.28. The molecular formula is C51H75N17O11. The molecule has 28 heteroatoms. The first-order valence-electron chi connectivity index (χ1n) is 26.0. The Morgan fingerprint density at radius 2 is 1.29 bits per heavy atom. The van der Waals surface area contributed by atoms with Crippen LogP contribution in [0.2, 0.25) is 0 Å². The number of fused-ring (bicyclic) bond motifs is 1. The summed E-state index contributed by atoms with van der Waals surface area (Å²) in [6.45, 7) is 1.36. The minimum Gasteiger partial charge on any atom is -0.480 e. The molecule has 1 fully saturated rings. The molecule has 4 rings (SSSR count). The molecule has 0 bridgehead atoms. The summed E-state index contributed by atoms with van der Waals surface area (Å²) in [6, 6.07) is 4.88. The molecule has 1 aliphatic heterocycles. The summed E-state index contributed by atoms with van der Waals surface area (Å²) in [5.41, 5.74) is 12.6. The van der Waals surface area contributed by atoms with Gasteiger partial charge in [-0.2, -0.15) is 0 Å². The summed E-state index contributed by atoms with van der Waals surface area (Å²) in [5.74, 6) is -8.21. The van der Waals surface area contributed by atoms with Crippen LogP contribution in [0.4, 0.5) is 4.79 Å². The Morgan fingerprint density at radius 3 is 1.92 bits per heavy atom. The SMILES string of the molecule is CNC(=N)NCCC[C@@H]1NC(=O)C(Cc2ccccc2)NC(=O)[C@H](CCCNC(N)=O)NC(=O)C(NC(=O)[C@H](CCCNC(=N)N)NC(C)=O)CCC(=O)NCCCC(C(=O)O)NC(=O)[C@H](Cc2c[nH]c3ccccc23)NC1=O. The molecule has 430 valence electrons. The van der Waals surface area contributed by atoms with E-state index in [-0.39, 0.29) is 109 Å². The Morgan fingerprint density at radius 1 is 0.709 bits per heavy atom. The molecule has 1 aromatic heterocycles. The van der Waals surface area contributed by atoms with Gasteiger partial charge in [0.25, 0.3) is 0 Å². The molecule has 79 heavy (non-hydrogen) atoms. The van der Waals surface area contributed by atoms with Gasteiger partial charge in [0.2, 0.25) is 47.3 Å². The number of carbonyl (C=O) groups excluding carboxylic acids is 9. The second kappa shape index (κ2) is 32.6. The fraction of sp³-hybridized carbons (Fsp3) is 0.490. The summed E-state index contributed by atoms with van der Waals surface area (Å²) in [7, 11) is 1.53. The fourth-order valence-corrected chi connectivity index (χ4v) is 8.55. The second-order valence-electron chi connectivity index (χ2n) is 18.9. The zero-order valence-corrected chi connectivity index (χ0v) is 44.3. The molecule has 1 aliphatic rings. The maximum atomic E-state index is 14.7. The summed E-state index contributed by atoms with van der Waals surface area (Å²) >= 11 is 0. The van der Waals surface area contributed by atoms with Gasteiger partial charge in [0.15, 0.2) is 11.9 Å². The number of carboxylic acid groups (broad SMARTS) is 1. The number of aromatic nitrogens is 1. The van der Waals surface area contributed by atoms with Crippen molar-refractivity contribution in [1.29, 1.82) is 10.8 Å². The van der Waals surface area contributed by atoms with Crippen molar-refractivity contribution in [2.45, 2.75) is 126 Å². The predicted octanol–water partition coefficient (Wildman–Crippen LogP) is -2.62. The minimum absolute atomic E-state index is 0.0201. The van der Waals surface area contributed by atoms with E-state index in [4.69, 9.17) is 22.3 Å². The zero-order valence-electron chi connectivity index (χ0n) is 44.3. The number of aliphatic carboxylic acids is 1. The molecule has 28 nitrogen and oxygen atoms in total. The highest BCUT2D eigenvalue weighted by atomic mass is 16.4. The highest BCUT2D eigenvalue weighted by Gasteiger charge is 2.35. The largest absolute Gasteiger partial charge is 0.480 e. The number of urea groups is 1. The van der Waals surface area contributed by atoms with Crippen LogP contribution in [0.5, 0.6) is 0 Å². The van der Waals surface area contributed by atoms with Crippen LogP contribution in [0.25, 0.3) is 10.9 Å². The van der Waals surface area contributed by atoms with Gasteiger partial charge in [0.05, 0.1) is 0 Å². The number of H-pyrrole nitrogens is 1. The van der Waals surface area contributed by atoms with Gasteiger partial charge in [-0.25, -0.2) is 9.59 Å². The number of nitrogens with two attached hydrogens (primary N) is 2. The van der Waals surface area contributed by atoms with E-state index in [0.717, 1.165) is 10.9 Å². The Balaban J connectivity index is 1.79. The summed E-state index contributed by atoms with van der Waals surface area (Å²) in [5, 5.41) is 58.0. The van der Waals surface area contributed by atoms with Crippen LogP contribution in [0.15, 0.2) is 60.8 Å². The van der Waals surface area contributed by atoms with Gasteiger partial charge in [0, 0.05) is 76.5 Å². The van der Waals surface area contributed by atoms with Crippen molar-refractivity contribution in [2.75, 3.05) is 33.2 Å². The number of benzene rings is 2. The Kier molecular flexibility index (Phi) is 25.8. The Hall–Kier alpha value is -8.98. The third-order valence-corrected chi connectivity index (χ3v) is 12.7. The van der Waals surface area contributed by atoms with Gasteiger partial charge in [-0.3, -0.25) is 49.2 Å². The number of hydrogen-bond donors (Lipinski definition) is 18. The normalized spacial score (nSPS) is 20.5. The summed E-state index contributed by atoms with van der Waals surface area (Å²) in [6.07, 6.45) is 0.698. The van der Waals surface area contributed by atoms with E-state index in [0.29, 0.717) is 11.1 Å². The Labute approximate surface area is 456 Å². The van der Waals surface area contributed by atoms with Crippen molar-refractivity contribution in [1.82, 2.24) is 68.8 Å². The number of hydrogen-bond acceptors (Lipinski definition) is 12. The van der Waals surface area contributed by atoms with Crippen LogP contribution in [0.1, 0.15) is 82.3 Å². The molecule has 0 saturated carbocycles. The van der Waals surface area contributed by atoms with Gasteiger partial charge in [-0.05, 0) is 75.0 Å². The van der Waals surface area contributed by atoms with E-state index < -0.39 is 108 Å². The van der Waals surface area contributed by atoms with Gasteiger partial charge in [-0.15, -0.1) is 0 Å². The van der Waals surface area contributed by atoms with Crippen LogP contribution in [-0.4, -0.2) is 157 Å². The smallest absolute Gasteiger partial charge is 0.326 e. The number of guanidine groups is 2. The first-order chi connectivity index (χ1) is 37.7. The third-order valence-electron chi connectivity index (χ3n) is 12.7. The third kappa shape index (κ3) is 22.3. The van der Waals surface area contributed by atoms with E-state index in [1.54, 1.807) is 54.7 Å². The topological polar surface area (TPSA) is 451 Å². The lowest BCUT2D eigenvalue weighted by atomic mass is 10.0. The molecule has 10 amide bonds. The molecule has 3 aromatic rings. The number of para-hydroxylation sites is 1. The van der Waals surface area contributed by atoms with E-state index in [2.05, 4.69) is 68.8 Å². The van der Waals surface area contributed by atoms with Gasteiger partial charge < -0.3 is 85.4 Å². The van der Waals surface area contributed by atoms with Crippen molar-refractivity contribution in [3.05, 3.63) is 71.9 Å². The molecular weight excluding hydrogens is 1030 g/mol. The number of rotatable bonds is 20. The predicted molar refractivity (Wildman–Crippen MR) is 290 cm³/mol. The number of carboxylic acids is 1. The van der Waals surface area contributed by atoms with Crippen LogP contribution < -0.4 is 75.3 Å². The van der Waals surface area contributed by atoms with Crippen LogP contribution in [0, 0.1) is 10.8 Å². The van der Waals surface area contributed by atoms with Gasteiger partial charge in [0.1, 0.15) is 42.3 Å². The zero-order chi connectivity index (χ0) is 57.9. The van der Waals surface area contributed by atoms with Gasteiger partial charge >= 0.3 is 12.0 Å². The maximum absolute atomic E-state index is 14.7. The number of amides is 10. The van der Waals surface area contributed by atoms with Crippen LogP contribution >= 0.6 is 0 Å². The number of carbonyl (C=O) groups is 10. The summed E-state index contributed by atoms with van der Waals surface area (Å²) < 4.78 is 0. The Bertz CT molecular complexity index is 2620. The number of aromatic amines is 1. The first-order valence-corrected chi connectivity index (χ1v) is 26.0. The highest BCUT2D eigenvalue weighted by molar-refractivity contribution is 5.98. The molecule has 7 atom stereocenters. The monoisotopic (exact) mass is 1100 g/mol. The van der Waals surface area contributed by atoms with Crippen molar-refractivity contribution < 1.29 is 53.1 Å². The lowest BCUT2D eigenvalue weighted by molar-refractivity contribution is -0.142. The van der Waals surface area contributed by atoms with E-state index in [1.807, 2.05) is 6.07 Å². The molecule has 2 heterocycles. The molecule has 1 saturated heterocycles. The quantitative estimate of drug-likeness (QED) is 0.0313. The van der Waals surface area contributed by atoms with Crippen molar-refractivity contribution in [3.8, 4) is 0 Å². The number of nitrogens with one attached hydrogen (secondary N) is 15. The van der Waals surface area contributed by atoms with E-state index >= 15 is 0 Å². The van der Waals surface area contributed by atoms with Crippen molar-refractivity contribution in [3.63, 3.8) is 0 Å². The van der Waals surface area contributed by atoms with Gasteiger partial charge in [-0.1, -0.05) is 48.5 Å². The van der Waals surface area contributed by atoms with Crippen LogP contribution in [-0.2, 0) is 56.0 Å². The average molecular weight is 1100 g/mol. The minimum atomic E-state index is -1.54. The fourth-order valence-electron chi connectivity index (χ4n) is 8.55. The summed E-state index contributed by atoms with van der Waals surface area (Å²) in [4.78, 5) is 140. The van der Waals surface area contributed by atoms with E-state index in [1.165, 1.54) is 14.0 Å². The van der Waals surface area contributed by atoms with Crippen LogP contribution in [0.3, 0.4) is 0 Å². The molecule has 2 aromatic carbocycles. The van der Waals surface area contributed by atoms with E-state index in [9.17, 15) is 53.1 Å². The first kappa shape index (κ1) is 62.6. The average Bonchev–Trinajstić information content (AvgIpc) is 3.82. The molecule has 0 aliphatic carbocycles. The van der Waals surface area contributed by atoms with Crippen molar-refractivity contribution >= 4 is 82.1 Å². The lowest BCUT2D eigenvalue weighted by Crippen LogP contribution is -2.60. The molecule has 0 spiro atoms. The molecule has 20 N–H and O–H groups in total. The standard InChI is InChI=1S/C51H75N17O11/c1-29(69)62-34(16-8-23-58-49(52)53)42(71)65-37-20-21-41(70)57-22-11-19-38(48(77)78)66-47(76)40(27-31-28-61-33-15-7-6-14-32(31)33)68-44(73)36(17-9-24-59-50(54)56-2)64-46(75)39(26-30-12-4-3-5-13-30)67-43(72)35(63-45(37)74)18-10-25-60-51(55)79/h3-7,12-15,28,34-40,61H,8-11,16-27H2,1-2H3,(H,57,70)(H,62,69)(H,63,74)(H,64,75)(H,65,71)(H,66,76)(H,67,72)(H,68,73)(H,77,78)(H4,52,53,58)(H3,54,56,59)(H3,55,60,79)/t34-,35-,36-,37?,38?,39?,40-/m0/s1. The maximum Gasteiger partial charge on any atom is 0.326 e. The highest BCUT2D eigenvalue weighted by Crippen LogP contribution is 2.20.